The quantitative estimate of drug-likeness (QED) is 0.441. The molecular weight excluding hydrogens is 171 g/mol. The summed E-state index contributed by atoms with van der Waals surface area (Å²) in [5.74, 6) is -0.554. The SMILES string of the molecule is CCn1c([O-])cc(=O)[nH]c1=O.[Na+]. The fourth-order valence-electron chi connectivity index (χ4n) is 0.799. The number of nitrogens with zero attached hydrogens (tertiary/aromatic N) is 1. The van der Waals surface area contributed by atoms with E-state index in [1.54, 1.807) is 6.92 Å². The average Bonchev–Trinajstić information content (AvgIpc) is 1.85. The number of hydrogen-bond donors (Lipinski definition) is 1. The molecule has 0 spiro atoms. The van der Waals surface area contributed by atoms with Crippen LogP contribution in [0.5, 0.6) is 5.88 Å². The van der Waals surface area contributed by atoms with Gasteiger partial charge in [0.15, 0.2) is 0 Å². The van der Waals surface area contributed by atoms with Crippen LogP contribution < -0.4 is 45.9 Å². The van der Waals surface area contributed by atoms with E-state index in [1.165, 1.54) is 0 Å². The molecule has 6 heteroatoms. The van der Waals surface area contributed by atoms with Gasteiger partial charge in [0, 0.05) is 12.6 Å². The second-order valence-electron chi connectivity index (χ2n) is 2.02. The Morgan fingerprint density at radius 3 is 2.58 bits per heavy atom. The van der Waals surface area contributed by atoms with E-state index in [1.807, 2.05) is 4.98 Å². The van der Waals surface area contributed by atoms with Crippen LogP contribution in [0.25, 0.3) is 0 Å². The first kappa shape index (κ1) is 11.5. The van der Waals surface area contributed by atoms with Crippen molar-refractivity contribution in [2.75, 3.05) is 0 Å². The van der Waals surface area contributed by atoms with Gasteiger partial charge in [0.25, 0.3) is 5.56 Å². The molecule has 1 aromatic rings. The maximum Gasteiger partial charge on any atom is 1.00 e. The van der Waals surface area contributed by atoms with Crippen molar-refractivity contribution >= 4 is 0 Å². The summed E-state index contributed by atoms with van der Waals surface area (Å²) >= 11 is 0. The van der Waals surface area contributed by atoms with Gasteiger partial charge in [-0.2, -0.15) is 0 Å². The molecule has 1 aromatic heterocycles. The second kappa shape index (κ2) is 4.49. The minimum atomic E-state index is -0.648. The fourth-order valence-corrected chi connectivity index (χ4v) is 0.799. The van der Waals surface area contributed by atoms with Gasteiger partial charge in [0.2, 0.25) is 0 Å². The molecule has 0 aromatic carbocycles. The van der Waals surface area contributed by atoms with Crippen molar-refractivity contribution in [1.82, 2.24) is 9.55 Å². The minimum Gasteiger partial charge on any atom is -0.860 e. The Morgan fingerprint density at radius 1 is 1.58 bits per heavy atom. The molecule has 0 saturated heterocycles. The number of nitrogens with one attached hydrogen (secondary N) is 1. The van der Waals surface area contributed by atoms with E-state index in [9.17, 15) is 14.7 Å². The number of hydrogen-bond acceptors (Lipinski definition) is 3. The summed E-state index contributed by atoms with van der Waals surface area (Å²) in [5.41, 5.74) is -1.30. The maximum atomic E-state index is 10.8. The van der Waals surface area contributed by atoms with Gasteiger partial charge in [-0.15, -0.1) is 0 Å². The van der Waals surface area contributed by atoms with Crippen molar-refractivity contribution in [3.05, 3.63) is 26.9 Å². The molecule has 1 rings (SSSR count). The topological polar surface area (TPSA) is 77.9 Å². The van der Waals surface area contributed by atoms with Crippen LogP contribution in [0.3, 0.4) is 0 Å². The standard InChI is InChI=1S/C6H8N2O3.Na/c1-2-8-5(10)3-4(9)7-6(8)11;/h3,10H,2H2,1H3,(H,7,9,11);/q;+1/p-1. The molecule has 60 valence electrons. The van der Waals surface area contributed by atoms with Gasteiger partial charge in [-0.25, -0.2) is 4.79 Å². The van der Waals surface area contributed by atoms with Gasteiger partial charge in [0.05, 0.1) is 0 Å². The summed E-state index contributed by atoms with van der Waals surface area (Å²) in [5, 5.41) is 10.8. The summed E-state index contributed by atoms with van der Waals surface area (Å²) in [6.07, 6.45) is 0. The third kappa shape index (κ3) is 2.23. The summed E-state index contributed by atoms with van der Waals surface area (Å²) < 4.78 is 0.946. The third-order valence-corrected chi connectivity index (χ3v) is 1.31. The van der Waals surface area contributed by atoms with E-state index in [4.69, 9.17) is 0 Å². The van der Waals surface area contributed by atoms with E-state index < -0.39 is 17.1 Å². The van der Waals surface area contributed by atoms with Crippen LogP contribution in [0.1, 0.15) is 6.92 Å². The second-order valence-corrected chi connectivity index (χ2v) is 2.02. The molecule has 0 radical (unpaired) electrons. The van der Waals surface area contributed by atoms with Gasteiger partial charge in [-0.3, -0.25) is 9.78 Å². The molecule has 0 saturated carbocycles. The van der Waals surface area contributed by atoms with Crippen molar-refractivity contribution in [2.45, 2.75) is 13.5 Å². The Labute approximate surface area is 90.3 Å². The maximum absolute atomic E-state index is 10.8. The van der Waals surface area contributed by atoms with Crippen molar-refractivity contribution in [3.8, 4) is 5.88 Å². The Balaban J connectivity index is 0.00000121. The molecule has 0 aliphatic rings. The summed E-state index contributed by atoms with van der Waals surface area (Å²) in [6, 6.07) is 0.852. The van der Waals surface area contributed by atoms with Crippen molar-refractivity contribution in [3.63, 3.8) is 0 Å². The van der Waals surface area contributed by atoms with Gasteiger partial charge in [-0.1, -0.05) is 0 Å². The zero-order valence-corrected chi connectivity index (χ0v) is 8.96. The zero-order chi connectivity index (χ0) is 8.43. The monoisotopic (exact) mass is 178 g/mol. The predicted octanol–water partition coefficient (Wildman–Crippen LogP) is -4.37. The Bertz CT molecular complexity index is 368. The normalized spacial score (nSPS) is 9.08. The van der Waals surface area contributed by atoms with Crippen molar-refractivity contribution in [2.24, 2.45) is 0 Å². The van der Waals surface area contributed by atoms with Crippen molar-refractivity contribution < 1.29 is 34.7 Å². The van der Waals surface area contributed by atoms with Gasteiger partial charge in [0.1, 0.15) is 0 Å². The molecule has 12 heavy (non-hydrogen) atoms. The average molecular weight is 178 g/mol. The minimum absolute atomic E-state index is 0. The number of rotatable bonds is 1. The van der Waals surface area contributed by atoms with E-state index in [0.29, 0.717) is 0 Å². The molecule has 0 unspecified atom stereocenters. The van der Waals surface area contributed by atoms with E-state index in [2.05, 4.69) is 0 Å². The first-order valence-electron chi connectivity index (χ1n) is 3.16. The van der Waals surface area contributed by atoms with Crippen LogP contribution in [0.2, 0.25) is 0 Å². The molecule has 0 fully saturated rings. The Hall–Kier alpha value is -0.520. The number of H-pyrrole nitrogens is 1. The van der Waals surface area contributed by atoms with E-state index >= 15 is 0 Å². The molecule has 0 amide bonds. The van der Waals surface area contributed by atoms with Crippen LogP contribution in [-0.4, -0.2) is 9.55 Å². The molecule has 0 atom stereocenters. The van der Waals surface area contributed by atoms with Gasteiger partial charge >= 0.3 is 35.2 Å². The molecule has 0 bridgehead atoms. The molecule has 1 heterocycles. The van der Waals surface area contributed by atoms with Crippen LogP contribution in [0, 0.1) is 0 Å². The first-order chi connectivity index (χ1) is 5.15. The molecule has 1 N–H and O–H groups in total. The summed E-state index contributed by atoms with van der Waals surface area (Å²) in [4.78, 5) is 23.3. The summed E-state index contributed by atoms with van der Waals surface area (Å²) in [6.45, 7) is 1.93. The number of aromatic nitrogens is 2. The Kier molecular flexibility index (Phi) is 4.30. The fraction of sp³-hybridized carbons (Fsp3) is 0.333. The first-order valence-corrected chi connectivity index (χ1v) is 3.16. The van der Waals surface area contributed by atoms with Gasteiger partial charge in [-0.05, 0) is 12.8 Å². The molecule has 0 aliphatic carbocycles. The molecular formula is C6H7N2NaO3. The molecule has 0 aliphatic heterocycles. The van der Waals surface area contributed by atoms with E-state index in [-0.39, 0.29) is 36.1 Å². The van der Waals surface area contributed by atoms with Crippen LogP contribution in [0.15, 0.2) is 15.7 Å². The zero-order valence-electron chi connectivity index (χ0n) is 6.96. The Morgan fingerprint density at radius 2 is 2.17 bits per heavy atom. The largest absolute Gasteiger partial charge is 1.00 e. The third-order valence-electron chi connectivity index (χ3n) is 1.31. The summed E-state index contributed by atoms with van der Waals surface area (Å²) in [7, 11) is 0. The molecule has 5 nitrogen and oxygen atoms in total. The van der Waals surface area contributed by atoms with Crippen molar-refractivity contribution in [1.29, 1.82) is 0 Å². The van der Waals surface area contributed by atoms with E-state index in [0.717, 1.165) is 10.6 Å². The van der Waals surface area contributed by atoms with Crippen LogP contribution >= 0.6 is 0 Å². The van der Waals surface area contributed by atoms with Crippen LogP contribution in [0.4, 0.5) is 0 Å². The predicted molar refractivity (Wildman–Crippen MR) is 36.4 cm³/mol. The number of aromatic amines is 1. The van der Waals surface area contributed by atoms with Gasteiger partial charge < -0.3 is 9.67 Å². The van der Waals surface area contributed by atoms with Crippen LogP contribution in [-0.2, 0) is 6.54 Å². The smallest absolute Gasteiger partial charge is 0.860 e.